The van der Waals surface area contributed by atoms with Gasteiger partial charge >= 0.3 is 5.69 Å². The van der Waals surface area contributed by atoms with E-state index >= 15 is 0 Å². The maximum Gasteiger partial charge on any atom is 0.346 e. The number of carbonyl (C=O) groups excluding carboxylic acids is 1. The SMILES string of the molecule is Cn1c([C@H]2CCCN(S(C)(=O)=O)C2)nn(CC(=O)NC2CCCCC2)c1=O. The van der Waals surface area contributed by atoms with E-state index in [-0.39, 0.29) is 30.1 Å². The number of nitrogens with zero attached hydrogens (tertiary/aromatic N) is 4. The van der Waals surface area contributed by atoms with E-state index in [0.29, 0.717) is 18.9 Å². The summed E-state index contributed by atoms with van der Waals surface area (Å²) in [7, 11) is -1.65. The van der Waals surface area contributed by atoms with Crippen LogP contribution in [0.5, 0.6) is 0 Å². The predicted octanol–water partition coefficient (Wildman–Crippen LogP) is 0.170. The second-order valence-electron chi connectivity index (χ2n) is 7.72. The van der Waals surface area contributed by atoms with Crippen LogP contribution in [-0.2, 0) is 28.4 Å². The lowest BCUT2D eigenvalue weighted by Crippen LogP contribution is -2.40. The first-order valence-corrected chi connectivity index (χ1v) is 11.5. The van der Waals surface area contributed by atoms with Crippen molar-refractivity contribution < 1.29 is 13.2 Å². The van der Waals surface area contributed by atoms with E-state index < -0.39 is 10.0 Å². The van der Waals surface area contributed by atoms with Crippen LogP contribution in [0.2, 0.25) is 0 Å². The van der Waals surface area contributed by atoms with Crippen LogP contribution in [0.4, 0.5) is 0 Å². The number of rotatable bonds is 5. The average Bonchev–Trinajstić information content (AvgIpc) is 2.90. The van der Waals surface area contributed by atoms with Crippen LogP contribution in [0.15, 0.2) is 4.79 Å². The molecule has 0 bridgehead atoms. The summed E-state index contributed by atoms with van der Waals surface area (Å²) in [6.45, 7) is 0.705. The van der Waals surface area contributed by atoms with Crippen LogP contribution >= 0.6 is 0 Å². The zero-order chi connectivity index (χ0) is 19.6. The van der Waals surface area contributed by atoms with Crippen molar-refractivity contribution in [1.82, 2.24) is 24.0 Å². The van der Waals surface area contributed by atoms with Gasteiger partial charge in [0.25, 0.3) is 0 Å². The quantitative estimate of drug-likeness (QED) is 0.760. The van der Waals surface area contributed by atoms with E-state index in [9.17, 15) is 18.0 Å². The highest BCUT2D eigenvalue weighted by atomic mass is 32.2. The topological polar surface area (TPSA) is 106 Å². The van der Waals surface area contributed by atoms with Crippen molar-refractivity contribution >= 4 is 15.9 Å². The molecule has 1 N–H and O–H groups in total. The molecule has 1 saturated carbocycles. The highest BCUT2D eigenvalue weighted by Crippen LogP contribution is 2.26. The van der Waals surface area contributed by atoms with Crippen molar-refractivity contribution in [3.05, 3.63) is 16.3 Å². The van der Waals surface area contributed by atoms with Gasteiger partial charge in [0.05, 0.1) is 6.26 Å². The maximum absolute atomic E-state index is 12.5. The molecule has 152 valence electrons. The number of sulfonamides is 1. The molecule has 27 heavy (non-hydrogen) atoms. The molecule has 1 saturated heterocycles. The minimum Gasteiger partial charge on any atom is -0.352 e. The van der Waals surface area contributed by atoms with E-state index in [1.807, 2.05) is 0 Å². The molecule has 0 radical (unpaired) electrons. The molecule has 1 aromatic heterocycles. The van der Waals surface area contributed by atoms with Gasteiger partial charge in [-0.15, -0.1) is 0 Å². The fraction of sp³-hybridized carbons (Fsp3) is 0.824. The van der Waals surface area contributed by atoms with Crippen molar-refractivity contribution in [2.24, 2.45) is 7.05 Å². The largest absolute Gasteiger partial charge is 0.352 e. The maximum atomic E-state index is 12.5. The van der Waals surface area contributed by atoms with Crippen molar-refractivity contribution in [1.29, 1.82) is 0 Å². The fourth-order valence-corrected chi connectivity index (χ4v) is 4.99. The second kappa shape index (κ2) is 8.14. The Kier molecular flexibility index (Phi) is 6.05. The lowest BCUT2D eigenvalue weighted by atomic mass is 9.95. The van der Waals surface area contributed by atoms with Crippen LogP contribution in [0.1, 0.15) is 56.7 Å². The van der Waals surface area contributed by atoms with Gasteiger partial charge in [0.15, 0.2) is 0 Å². The molecule has 2 fully saturated rings. The summed E-state index contributed by atoms with van der Waals surface area (Å²) in [5.41, 5.74) is -0.347. The van der Waals surface area contributed by atoms with Gasteiger partial charge in [-0.05, 0) is 25.7 Å². The first-order valence-electron chi connectivity index (χ1n) is 9.64. The summed E-state index contributed by atoms with van der Waals surface area (Å²) in [5.74, 6) is 0.197. The van der Waals surface area contributed by atoms with E-state index in [0.717, 1.165) is 38.5 Å². The van der Waals surface area contributed by atoms with E-state index in [2.05, 4.69) is 10.4 Å². The Labute approximate surface area is 159 Å². The minimum atomic E-state index is -3.27. The molecule has 2 heterocycles. The second-order valence-corrected chi connectivity index (χ2v) is 9.70. The Morgan fingerprint density at radius 3 is 2.56 bits per heavy atom. The highest BCUT2D eigenvalue weighted by molar-refractivity contribution is 7.88. The molecule has 1 aromatic rings. The summed E-state index contributed by atoms with van der Waals surface area (Å²) in [6, 6.07) is 0.187. The summed E-state index contributed by atoms with van der Waals surface area (Å²) < 4.78 is 27.7. The van der Waals surface area contributed by atoms with Gasteiger partial charge in [0, 0.05) is 32.1 Å². The van der Waals surface area contributed by atoms with Gasteiger partial charge in [-0.25, -0.2) is 22.2 Å². The summed E-state index contributed by atoms with van der Waals surface area (Å²) in [4.78, 5) is 24.8. The molecule has 0 spiro atoms. The predicted molar refractivity (Wildman–Crippen MR) is 101 cm³/mol. The van der Waals surface area contributed by atoms with Crippen LogP contribution in [0, 0.1) is 0 Å². The third-order valence-corrected chi connectivity index (χ3v) is 6.83. The first kappa shape index (κ1) is 20.1. The van der Waals surface area contributed by atoms with Crippen molar-refractivity contribution in [3.63, 3.8) is 0 Å². The fourth-order valence-electron chi connectivity index (χ4n) is 4.07. The van der Waals surface area contributed by atoms with Gasteiger partial charge in [0.2, 0.25) is 15.9 Å². The molecule has 1 aliphatic carbocycles. The van der Waals surface area contributed by atoms with E-state index in [4.69, 9.17) is 0 Å². The number of carbonyl (C=O) groups is 1. The number of hydrogen-bond acceptors (Lipinski definition) is 5. The lowest BCUT2D eigenvalue weighted by Gasteiger charge is -2.30. The normalized spacial score (nSPS) is 22.7. The molecular weight excluding hydrogens is 370 g/mol. The average molecular weight is 400 g/mol. The van der Waals surface area contributed by atoms with Crippen LogP contribution in [0.25, 0.3) is 0 Å². The van der Waals surface area contributed by atoms with Crippen molar-refractivity contribution in [2.45, 2.75) is 63.5 Å². The van der Waals surface area contributed by atoms with E-state index in [1.54, 1.807) is 7.05 Å². The number of amides is 1. The van der Waals surface area contributed by atoms with Gasteiger partial charge in [-0.1, -0.05) is 19.3 Å². The molecule has 10 heteroatoms. The summed E-state index contributed by atoms with van der Waals surface area (Å²) >= 11 is 0. The van der Waals surface area contributed by atoms with Crippen LogP contribution in [0.3, 0.4) is 0 Å². The molecule has 1 amide bonds. The third kappa shape index (κ3) is 4.78. The highest BCUT2D eigenvalue weighted by Gasteiger charge is 2.30. The standard InChI is InChI=1S/C17H29N5O4S/c1-20-16(13-7-6-10-21(11-13)27(2,25)26)19-22(17(20)24)12-15(23)18-14-8-4-3-5-9-14/h13-14H,3-12H2,1-2H3,(H,18,23)/t13-/m0/s1. The van der Waals surface area contributed by atoms with Gasteiger partial charge in [-0.3, -0.25) is 9.36 Å². The molecule has 1 aliphatic heterocycles. The molecule has 1 atom stereocenters. The summed E-state index contributed by atoms with van der Waals surface area (Å²) in [6.07, 6.45) is 8.11. The Bertz CT molecular complexity index is 838. The van der Waals surface area contributed by atoms with Crippen molar-refractivity contribution in [3.8, 4) is 0 Å². The van der Waals surface area contributed by atoms with Crippen molar-refractivity contribution in [2.75, 3.05) is 19.3 Å². The Morgan fingerprint density at radius 1 is 1.19 bits per heavy atom. The number of piperidine rings is 1. The van der Waals surface area contributed by atoms with E-state index in [1.165, 1.54) is 26.2 Å². The van der Waals surface area contributed by atoms with Crippen LogP contribution < -0.4 is 11.0 Å². The smallest absolute Gasteiger partial charge is 0.346 e. The van der Waals surface area contributed by atoms with Gasteiger partial charge in [0.1, 0.15) is 12.4 Å². The van der Waals surface area contributed by atoms with Crippen LogP contribution in [-0.4, -0.2) is 58.4 Å². The number of aromatic nitrogens is 3. The Morgan fingerprint density at radius 2 is 1.89 bits per heavy atom. The zero-order valence-corrected chi connectivity index (χ0v) is 16.9. The molecule has 2 aliphatic rings. The third-order valence-electron chi connectivity index (χ3n) is 5.56. The zero-order valence-electron chi connectivity index (χ0n) is 16.1. The van der Waals surface area contributed by atoms with Gasteiger partial charge < -0.3 is 5.32 Å². The molecule has 9 nitrogen and oxygen atoms in total. The molecule has 0 unspecified atom stereocenters. The Hall–Kier alpha value is -1.68. The number of hydrogen-bond donors (Lipinski definition) is 1. The number of nitrogens with one attached hydrogen (secondary N) is 1. The molecule has 0 aromatic carbocycles. The lowest BCUT2D eigenvalue weighted by molar-refractivity contribution is -0.122. The monoisotopic (exact) mass is 399 g/mol. The molecular formula is C17H29N5O4S. The Balaban J connectivity index is 1.70. The molecule has 3 rings (SSSR count). The summed E-state index contributed by atoms with van der Waals surface area (Å²) in [5, 5.41) is 7.36. The van der Waals surface area contributed by atoms with Gasteiger partial charge in [-0.2, -0.15) is 5.10 Å². The minimum absolute atomic E-state index is 0.105. The first-order chi connectivity index (χ1) is 12.8.